The number of piperazine rings is 1. The molecule has 0 aromatic heterocycles. The minimum atomic E-state index is 0.0338. The van der Waals surface area contributed by atoms with Crippen molar-refractivity contribution in [3.63, 3.8) is 0 Å². The smallest absolute Gasteiger partial charge is 0.222 e. The molecule has 0 spiro atoms. The largest absolute Gasteiger partial charge is 0.358 e. The van der Waals surface area contributed by atoms with Gasteiger partial charge in [0, 0.05) is 55.7 Å². The normalized spacial score (nSPS) is 21.5. The Bertz CT molecular complexity index is 1010. The zero-order chi connectivity index (χ0) is 25.0. The molecule has 0 aliphatic carbocycles. The van der Waals surface area contributed by atoms with E-state index in [0.717, 1.165) is 55.7 Å². The molecule has 0 bridgehead atoms. The highest BCUT2D eigenvalue weighted by Gasteiger charge is 2.33. The maximum atomic E-state index is 13.0. The molecule has 5 nitrogen and oxygen atoms in total. The molecule has 2 aromatic carbocycles. The van der Waals surface area contributed by atoms with Gasteiger partial charge in [0.1, 0.15) is 0 Å². The van der Waals surface area contributed by atoms with E-state index in [2.05, 4.69) is 72.3 Å². The summed E-state index contributed by atoms with van der Waals surface area (Å²) in [6.07, 6.45) is 2.43. The minimum Gasteiger partial charge on any atom is -0.358 e. The summed E-state index contributed by atoms with van der Waals surface area (Å²) in [7, 11) is 0. The third-order valence-electron chi connectivity index (χ3n) is 7.17. The number of halogens is 1. The molecule has 2 aliphatic rings. The lowest BCUT2D eigenvalue weighted by molar-refractivity contribution is -0.133. The Balaban J connectivity index is 1.31. The highest BCUT2D eigenvalue weighted by Crippen LogP contribution is 2.30. The van der Waals surface area contributed by atoms with Crippen LogP contribution in [-0.4, -0.2) is 70.0 Å². The number of hydrogen-bond donors (Lipinski definition) is 1. The average Bonchev–Trinajstić information content (AvgIpc) is 2.82. The standard InChI is InChI=1S/C28H37ClN4OS/c1-21-20-28(2,3)30-27(35)33(21)15-7-10-25(34)31-16-18-32(19-17-31)26(22-8-5-4-6-9-22)23-11-13-24(29)14-12-23/h4-6,8-9,11-14,21,26H,7,10,15-20H2,1-3H3,(H,30,35). The molecule has 188 valence electrons. The van der Waals surface area contributed by atoms with Gasteiger partial charge in [0.25, 0.3) is 0 Å². The van der Waals surface area contributed by atoms with Crippen molar-refractivity contribution in [1.29, 1.82) is 0 Å². The van der Waals surface area contributed by atoms with Gasteiger partial charge in [-0.3, -0.25) is 9.69 Å². The van der Waals surface area contributed by atoms with Gasteiger partial charge in [-0.1, -0.05) is 54.1 Å². The molecule has 0 saturated carbocycles. The van der Waals surface area contributed by atoms with Crippen LogP contribution in [0.15, 0.2) is 54.6 Å². The fraction of sp³-hybridized carbons (Fsp3) is 0.500. The summed E-state index contributed by atoms with van der Waals surface area (Å²) in [6.45, 7) is 10.6. The summed E-state index contributed by atoms with van der Waals surface area (Å²) in [6, 6.07) is 19.3. The van der Waals surface area contributed by atoms with Gasteiger partial charge in [0.15, 0.2) is 5.11 Å². The lowest BCUT2D eigenvalue weighted by atomic mass is 9.93. The highest BCUT2D eigenvalue weighted by atomic mass is 35.5. The molecule has 7 heteroatoms. The van der Waals surface area contributed by atoms with Crippen molar-refractivity contribution in [2.75, 3.05) is 32.7 Å². The number of hydrogen-bond acceptors (Lipinski definition) is 3. The van der Waals surface area contributed by atoms with Gasteiger partial charge in [-0.15, -0.1) is 0 Å². The number of benzene rings is 2. The maximum absolute atomic E-state index is 13.0. The fourth-order valence-corrected chi connectivity index (χ4v) is 6.14. The van der Waals surface area contributed by atoms with Crippen LogP contribution in [0.2, 0.25) is 5.02 Å². The van der Waals surface area contributed by atoms with Crippen molar-refractivity contribution in [3.05, 3.63) is 70.7 Å². The zero-order valence-electron chi connectivity index (χ0n) is 21.0. The Morgan fingerprint density at radius 3 is 2.31 bits per heavy atom. The second-order valence-corrected chi connectivity index (χ2v) is 11.3. The molecular formula is C28H37ClN4OS. The molecule has 35 heavy (non-hydrogen) atoms. The van der Waals surface area contributed by atoms with Gasteiger partial charge in [0.2, 0.25) is 5.91 Å². The van der Waals surface area contributed by atoms with Crippen LogP contribution in [0.3, 0.4) is 0 Å². The first-order chi connectivity index (χ1) is 16.7. The van der Waals surface area contributed by atoms with Gasteiger partial charge in [-0.25, -0.2) is 0 Å². The number of rotatable bonds is 7. The fourth-order valence-electron chi connectivity index (χ4n) is 5.47. The van der Waals surface area contributed by atoms with Gasteiger partial charge >= 0.3 is 0 Å². The summed E-state index contributed by atoms with van der Waals surface area (Å²) >= 11 is 11.7. The second-order valence-electron chi connectivity index (χ2n) is 10.4. The molecular weight excluding hydrogens is 476 g/mol. The van der Waals surface area contributed by atoms with Crippen molar-refractivity contribution in [3.8, 4) is 0 Å². The van der Waals surface area contributed by atoms with E-state index in [0.29, 0.717) is 12.5 Å². The summed E-state index contributed by atoms with van der Waals surface area (Å²) in [5.41, 5.74) is 2.52. The molecule has 4 rings (SSSR count). The van der Waals surface area contributed by atoms with Crippen molar-refractivity contribution in [2.24, 2.45) is 0 Å². The number of carbonyl (C=O) groups excluding carboxylic acids is 1. The van der Waals surface area contributed by atoms with Crippen LogP contribution in [0.1, 0.15) is 57.2 Å². The molecule has 1 N–H and O–H groups in total. The van der Waals surface area contributed by atoms with E-state index in [1.807, 2.05) is 23.1 Å². The van der Waals surface area contributed by atoms with E-state index in [1.165, 1.54) is 11.1 Å². The number of thiocarbonyl (C=S) groups is 1. The number of nitrogens with one attached hydrogen (secondary N) is 1. The van der Waals surface area contributed by atoms with E-state index in [-0.39, 0.29) is 17.5 Å². The van der Waals surface area contributed by atoms with E-state index in [9.17, 15) is 4.79 Å². The topological polar surface area (TPSA) is 38.8 Å². The molecule has 2 atom stereocenters. The van der Waals surface area contributed by atoms with Gasteiger partial charge in [-0.2, -0.15) is 0 Å². The number of amides is 1. The van der Waals surface area contributed by atoms with Crippen LogP contribution >= 0.6 is 23.8 Å². The first-order valence-corrected chi connectivity index (χ1v) is 13.4. The predicted molar refractivity (Wildman–Crippen MR) is 148 cm³/mol. The first-order valence-electron chi connectivity index (χ1n) is 12.6. The first kappa shape index (κ1) is 25.9. The van der Waals surface area contributed by atoms with Gasteiger partial charge in [0.05, 0.1) is 6.04 Å². The van der Waals surface area contributed by atoms with Crippen LogP contribution in [0, 0.1) is 0 Å². The molecule has 2 aromatic rings. The molecule has 2 saturated heterocycles. The van der Waals surface area contributed by atoms with Crippen LogP contribution in [0.5, 0.6) is 0 Å². The molecule has 2 fully saturated rings. The van der Waals surface area contributed by atoms with Crippen molar-refractivity contribution in [2.45, 2.75) is 57.7 Å². The van der Waals surface area contributed by atoms with Crippen LogP contribution in [0.4, 0.5) is 0 Å². The SMILES string of the molecule is CC1CC(C)(C)NC(=S)N1CCCC(=O)N1CCN(C(c2ccccc2)c2ccc(Cl)cc2)CC1. The number of carbonyl (C=O) groups is 1. The summed E-state index contributed by atoms with van der Waals surface area (Å²) in [5, 5.41) is 4.99. The molecule has 2 unspecified atom stereocenters. The van der Waals surface area contributed by atoms with Gasteiger partial charge < -0.3 is 15.1 Å². The molecule has 2 heterocycles. The Labute approximate surface area is 220 Å². The van der Waals surface area contributed by atoms with E-state index in [4.69, 9.17) is 23.8 Å². The van der Waals surface area contributed by atoms with E-state index >= 15 is 0 Å². The average molecular weight is 513 g/mol. The third kappa shape index (κ3) is 6.54. The second kappa shape index (κ2) is 11.3. The Morgan fingerprint density at radius 2 is 1.69 bits per heavy atom. The van der Waals surface area contributed by atoms with Crippen molar-refractivity contribution in [1.82, 2.24) is 20.0 Å². The predicted octanol–water partition coefficient (Wildman–Crippen LogP) is 5.10. The Morgan fingerprint density at radius 1 is 1.06 bits per heavy atom. The van der Waals surface area contributed by atoms with Crippen molar-refractivity contribution >= 4 is 34.8 Å². The lowest BCUT2D eigenvalue weighted by Gasteiger charge is -2.45. The summed E-state index contributed by atoms with van der Waals surface area (Å²) in [5.74, 6) is 0.247. The lowest BCUT2D eigenvalue weighted by Crippen LogP contribution is -2.60. The van der Waals surface area contributed by atoms with E-state index in [1.54, 1.807) is 0 Å². The van der Waals surface area contributed by atoms with Crippen LogP contribution in [0.25, 0.3) is 0 Å². The molecule has 2 aliphatic heterocycles. The van der Waals surface area contributed by atoms with Gasteiger partial charge in [-0.05, 0) is 69.1 Å². The Kier molecular flexibility index (Phi) is 8.35. The number of nitrogens with zero attached hydrogens (tertiary/aromatic N) is 3. The molecule has 0 radical (unpaired) electrons. The molecule has 1 amide bonds. The maximum Gasteiger partial charge on any atom is 0.222 e. The highest BCUT2D eigenvalue weighted by molar-refractivity contribution is 7.80. The summed E-state index contributed by atoms with van der Waals surface area (Å²) < 4.78 is 0. The third-order valence-corrected chi connectivity index (χ3v) is 7.76. The van der Waals surface area contributed by atoms with Crippen LogP contribution in [-0.2, 0) is 4.79 Å². The van der Waals surface area contributed by atoms with E-state index < -0.39 is 0 Å². The minimum absolute atomic E-state index is 0.0338. The summed E-state index contributed by atoms with van der Waals surface area (Å²) in [4.78, 5) is 19.7. The Hall–Kier alpha value is -2.15. The quantitative estimate of drug-likeness (QED) is 0.522. The zero-order valence-corrected chi connectivity index (χ0v) is 22.6. The van der Waals surface area contributed by atoms with Crippen LogP contribution < -0.4 is 5.32 Å². The monoisotopic (exact) mass is 512 g/mol. The van der Waals surface area contributed by atoms with Crippen molar-refractivity contribution < 1.29 is 4.79 Å².